The quantitative estimate of drug-likeness (QED) is 0.924. The number of carbonyl (C=O) groups excluding carboxylic acids is 1. The third kappa shape index (κ3) is 2.41. The maximum atomic E-state index is 12.6. The zero-order chi connectivity index (χ0) is 17.9. The van der Waals surface area contributed by atoms with Crippen molar-refractivity contribution >= 4 is 22.5 Å². The Morgan fingerprint density at radius 1 is 1.15 bits per heavy atom. The number of aromatic nitrogens is 1. The molecule has 0 unspecified atom stereocenters. The molecule has 1 aromatic carbocycles. The van der Waals surface area contributed by atoms with Crippen molar-refractivity contribution in [3.8, 4) is 0 Å². The van der Waals surface area contributed by atoms with Gasteiger partial charge in [0.2, 0.25) is 0 Å². The van der Waals surface area contributed by atoms with Crippen molar-refractivity contribution in [1.82, 2.24) is 14.9 Å². The lowest BCUT2D eigenvalue weighted by atomic mass is 9.75. The summed E-state index contributed by atoms with van der Waals surface area (Å²) in [6.45, 7) is 9.10. The highest BCUT2D eigenvalue weighted by molar-refractivity contribution is 6.21. The summed E-state index contributed by atoms with van der Waals surface area (Å²) < 4.78 is 2.47. The minimum absolute atomic E-state index is 0.0881. The molecule has 3 aliphatic rings. The van der Waals surface area contributed by atoms with Gasteiger partial charge in [-0.25, -0.2) is 5.43 Å². The SMILES string of the molecule is CC1(C)CC2=NNC(=O)c3cccc4c3c2c(n4CCN2CCCC2)C1. The molecule has 1 saturated heterocycles. The van der Waals surface area contributed by atoms with Crippen LogP contribution >= 0.6 is 0 Å². The Balaban J connectivity index is 1.70. The second-order valence-electron chi connectivity index (χ2n) is 8.74. The Morgan fingerprint density at radius 3 is 2.77 bits per heavy atom. The number of hydrogen-bond donors (Lipinski definition) is 1. The summed E-state index contributed by atoms with van der Waals surface area (Å²) in [6.07, 6.45) is 4.57. The summed E-state index contributed by atoms with van der Waals surface area (Å²) in [5, 5.41) is 5.62. The molecule has 1 aromatic heterocycles. The fourth-order valence-corrected chi connectivity index (χ4v) is 4.97. The van der Waals surface area contributed by atoms with E-state index in [9.17, 15) is 4.79 Å². The number of nitrogens with one attached hydrogen (secondary N) is 1. The van der Waals surface area contributed by atoms with Gasteiger partial charge >= 0.3 is 0 Å². The third-order valence-electron chi connectivity index (χ3n) is 6.15. The fraction of sp³-hybridized carbons (Fsp3) is 0.524. The Morgan fingerprint density at radius 2 is 1.96 bits per heavy atom. The van der Waals surface area contributed by atoms with Gasteiger partial charge in [-0.2, -0.15) is 5.10 Å². The molecule has 26 heavy (non-hydrogen) atoms. The van der Waals surface area contributed by atoms with E-state index in [1.165, 1.54) is 42.7 Å². The lowest BCUT2D eigenvalue weighted by Crippen LogP contribution is -2.31. The van der Waals surface area contributed by atoms with Crippen molar-refractivity contribution in [1.29, 1.82) is 0 Å². The molecule has 0 radical (unpaired) electrons. The van der Waals surface area contributed by atoms with Gasteiger partial charge in [-0.15, -0.1) is 0 Å². The van der Waals surface area contributed by atoms with Crippen LogP contribution in [0.3, 0.4) is 0 Å². The summed E-state index contributed by atoms with van der Waals surface area (Å²) in [4.78, 5) is 15.1. The molecule has 5 heteroatoms. The van der Waals surface area contributed by atoms with E-state index in [-0.39, 0.29) is 11.3 Å². The first kappa shape index (κ1) is 16.1. The number of hydrogen-bond acceptors (Lipinski definition) is 3. The maximum absolute atomic E-state index is 12.6. The molecule has 136 valence electrons. The molecule has 1 fully saturated rings. The lowest BCUT2D eigenvalue weighted by Gasteiger charge is -2.31. The average Bonchev–Trinajstić information content (AvgIpc) is 3.18. The number of carbonyl (C=O) groups is 1. The number of likely N-dealkylation sites (tertiary alicyclic amines) is 1. The van der Waals surface area contributed by atoms with Gasteiger partial charge in [0.25, 0.3) is 5.91 Å². The molecule has 5 nitrogen and oxygen atoms in total. The lowest BCUT2D eigenvalue weighted by molar-refractivity contribution is 0.0956. The molecule has 1 aliphatic carbocycles. The van der Waals surface area contributed by atoms with Crippen molar-refractivity contribution in [3.63, 3.8) is 0 Å². The minimum Gasteiger partial charge on any atom is -0.343 e. The van der Waals surface area contributed by atoms with E-state index in [1.54, 1.807) is 0 Å². The van der Waals surface area contributed by atoms with E-state index in [1.807, 2.05) is 12.1 Å². The highest BCUT2D eigenvalue weighted by atomic mass is 16.2. The predicted molar refractivity (Wildman–Crippen MR) is 104 cm³/mol. The van der Waals surface area contributed by atoms with E-state index in [0.29, 0.717) is 0 Å². The van der Waals surface area contributed by atoms with Crippen LogP contribution in [-0.2, 0) is 13.0 Å². The Labute approximate surface area is 154 Å². The third-order valence-corrected chi connectivity index (χ3v) is 6.15. The molecular formula is C21H26N4O. The molecule has 0 atom stereocenters. The van der Waals surface area contributed by atoms with Crippen molar-refractivity contribution in [2.24, 2.45) is 10.5 Å². The zero-order valence-electron chi connectivity index (χ0n) is 15.6. The van der Waals surface area contributed by atoms with Gasteiger partial charge in [0.1, 0.15) is 0 Å². The highest BCUT2D eigenvalue weighted by Crippen LogP contribution is 2.42. The van der Waals surface area contributed by atoms with Crippen LogP contribution in [0.25, 0.3) is 10.9 Å². The fourth-order valence-electron chi connectivity index (χ4n) is 4.97. The van der Waals surface area contributed by atoms with Crippen LogP contribution in [0.2, 0.25) is 0 Å². The molecule has 3 heterocycles. The molecule has 0 saturated carbocycles. The van der Waals surface area contributed by atoms with Crippen molar-refractivity contribution in [2.45, 2.75) is 46.1 Å². The van der Waals surface area contributed by atoms with Crippen LogP contribution in [0.5, 0.6) is 0 Å². The van der Waals surface area contributed by atoms with E-state index in [0.717, 1.165) is 42.6 Å². The largest absolute Gasteiger partial charge is 0.343 e. The maximum Gasteiger partial charge on any atom is 0.272 e. The monoisotopic (exact) mass is 350 g/mol. The van der Waals surface area contributed by atoms with E-state index < -0.39 is 0 Å². The van der Waals surface area contributed by atoms with Crippen LogP contribution in [0, 0.1) is 5.41 Å². The molecule has 0 spiro atoms. The number of nitrogens with zero attached hydrogens (tertiary/aromatic N) is 3. The van der Waals surface area contributed by atoms with Crippen LogP contribution in [0.4, 0.5) is 0 Å². The van der Waals surface area contributed by atoms with Gasteiger partial charge in [0.15, 0.2) is 0 Å². The standard InChI is InChI=1S/C21H26N4O/c1-21(2)12-15-19-17(13-21)25(11-10-24-8-3-4-9-24)16-7-5-6-14(18(16)19)20(26)23-22-15/h5-7H,3-4,8-13H2,1-2H3,(H,23,26). The number of amides is 1. The molecule has 5 rings (SSSR count). The second-order valence-corrected chi connectivity index (χ2v) is 8.74. The molecule has 1 amide bonds. The summed E-state index contributed by atoms with van der Waals surface area (Å²) in [6, 6.07) is 6.11. The van der Waals surface area contributed by atoms with Gasteiger partial charge in [0.05, 0.1) is 11.3 Å². The average molecular weight is 350 g/mol. The molecule has 2 aliphatic heterocycles. The van der Waals surface area contributed by atoms with Crippen LogP contribution in [0.15, 0.2) is 23.3 Å². The van der Waals surface area contributed by atoms with Gasteiger partial charge in [-0.1, -0.05) is 19.9 Å². The topological polar surface area (TPSA) is 49.6 Å². The zero-order valence-corrected chi connectivity index (χ0v) is 15.6. The summed E-state index contributed by atoms with van der Waals surface area (Å²) in [7, 11) is 0. The van der Waals surface area contributed by atoms with Crippen LogP contribution < -0.4 is 5.43 Å². The first-order valence-corrected chi connectivity index (χ1v) is 9.77. The highest BCUT2D eigenvalue weighted by Gasteiger charge is 2.37. The second kappa shape index (κ2) is 5.68. The van der Waals surface area contributed by atoms with Crippen molar-refractivity contribution < 1.29 is 4.79 Å². The predicted octanol–water partition coefficient (Wildman–Crippen LogP) is 3.16. The number of rotatable bonds is 3. The van der Waals surface area contributed by atoms with Crippen LogP contribution in [0.1, 0.15) is 54.7 Å². The van der Waals surface area contributed by atoms with E-state index in [4.69, 9.17) is 0 Å². The summed E-state index contributed by atoms with van der Waals surface area (Å²) in [5.41, 5.74) is 8.49. The molecular weight excluding hydrogens is 324 g/mol. The van der Waals surface area contributed by atoms with Crippen molar-refractivity contribution in [2.75, 3.05) is 19.6 Å². The number of benzene rings is 1. The van der Waals surface area contributed by atoms with Crippen molar-refractivity contribution in [3.05, 3.63) is 35.0 Å². The normalized spacial score (nSPS) is 21.6. The van der Waals surface area contributed by atoms with Gasteiger partial charge in [0, 0.05) is 35.2 Å². The smallest absolute Gasteiger partial charge is 0.272 e. The summed E-state index contributed by atoms with van der Waals surface area (Å²) >= 11 is 0. The van der Waals surface area contributed by atoms with Gasteiger partial charge in [-0.05, 0) is 56.3 Å². The Kier molecular flexibility index (Phi) is 3.51. The molecule has 2 aromatic rings. The molecule has 1 N–H and O–H groups in total. The number of hydrazone groups is 1. The molecule has 0 bridgehead atoms. The van der Waals surface area contributed by atoms with Gasteiger partial charge in [-0.3, -0.25) is 4.79 Å². The summed E-state index contributed by atoms with van der Waals surface area (Å²) in [5.74, 6) is -0.0881. The Bertz CT molecular complexity index is 931. The van der Waals surface area contributed by atoms with E-state index >= 15 is 0 Å². The Hall–Kier alpha value is -2.14. The minimum atomic E-state index is -0.0881. The van der Waals surface area contributed by atoms with Gasteiger partial charge < -0.3 is 9.47 Å². The first-order chi connectivity index (χ1) is 12.5. The van der Waals surface area contributed by atoms with E-state index in [2.05, 4.69) is 39.9 Å². The first-order valence-electron chi connectivity index (χ1n) is 9.77. The van der Waals surface area contributed by atoms with Crippen LogP contribution in [-0.4, -0.2) is 40.7 Å².